The van der Waals surface area contributed by atoms with Gasteiger partial charge in [-0.15, -0.1) is 10.2 Å². The van der Waals surface area contributed by atoms with Crippen LogP contribution in [0, 0.1) is 0 Å². The lowest BCUT2D eigenvalue weighted by Gasteiger charge is -2.07. The van der Waals surface area contributed by atoms with Crippen LogP contribution in [0.5, 0.6) is 0 Å². The number of carbonyl (C=O) groups is 2. The zero-order valence-corrected chi connectivity index (χ0v) is 13.1. The number of aliphatic carboxylic acids is 1. The standard InChI is InChI=1S/C17H16N4O3/c1-2-14-19-20-15-8-5-12(10-21(14)15)17(24)18-13-6-3-11(4-7-13)9-16(22)23/h3-8,10H,2,9H2,1H3,(H,18,24)(H,22,23). The maximum absolute atomic E-state index is 12.4. The second-order valence-corrected chi connectivity index (χ2v) is 5.34. The van der Waals surface area contributed by atoms with Crippen LogP contribution in [0.1, 0.15) is 28.7 Å². The molecule has 122 valence electrons. The Kier molecular flexibility index (Phi) is 4.24. The smallest absolute Gasteiger partial charge is 0.307 e. The van der Waals surface area contributed by atoms with E-state index < -0.39 is 5.97 Å². The molecule has 2 N–H and O–H groups in total. The summed E-state index contributed by atoms with van der Waals surface area (Å²) in [6, 6.07) is 10.2. The Labute approximate surface area is 138 Å². The second-order valence-electron chi connectivity index (χ2n) is 5.34. The van der Waals surface area contributed by atoms with E-state index in [0.29, 0.717) is 22.5 Å². The molecule has 7 heteroatoms. The van der Waals surface area contributed by atoms with Gasteiger partial charge in [0.15, 0.2) is 5.65 Å². The van der Waals surface area contributed by atoms with Crippen LogP contribution in [0.4, 0.5) is 5.69 Å². The first-order valence-corrected chi connectivity index (χ1v) is 7.52. The first-order chi connectivity index (χ1) is 11.6. The van der Waals surface area contributed by atoms with E-state index in [2.05, 4.69) is 15.5 Å². The number of fused-ring (bicyclic) bond motifs is 1. The lowest BCUT2D eigenvalue weighted by molar-refractivity contribution is -0.136. The SMILES string of the molecule is CCc1nnc2ccc(C(=O)Nc3ccc(CC(=O)O)cc3)cn12. The molecular formula is C17H16N4O3. The van der Waals surface area contributed by atoms with E-state index in [1.54, 1.807) is 47.0 Å². The van der Waals surface area contributed by atoms with Crippen molar-refractivity contribution in [2.75, 3.05) is 5.32 Å². The van der Waals surface area contributed by atoms with Gasteiger partial charge in [-0.25, -0.2) is 0 Å². The van der Waals surface area contributed by atoms with Crippen molar-refractivity contribution >= 4 is 23.2 Å². The van der Waals surface area contributed by atoms with E-state index in [9.17, 15) is 9.59 Å². The highest BCUT2D eigenvalue weighted by atomic mass is 16.4. The van der Waals surface area contributed by atoms with Crippen LogP contribution in [0.25, 0.3) is 5.65 Å². The summed E-state index contributed by atoms with van der Waals surface area (Å²) in [6.45, 7) is 1.97. The van der Waals surface area contributed by atoms with E-state index in [1.807, 2.05) is 6.92 Å². The first kappa shape index (κ1) is 15.7. The molecule has 0 unspecified atom stereocenters. The van der Waals surface area contributed by atoms with Gasteiger partial charge in [0.25, 0.3) is 5.91 Å². The first-order valence-electron chi connectivity index (χ1n) is 7.52. The molecule has 0 aliphatic rings. The zero-order valence-electron chi connectivity index (χ0n) is 13.1. The van der Waals surface area contributed by atoms with Crippen molar-refractivity contribution in [3.05, 3.63) is 59.5 Å². The van der Waals surface area contributed by atoms with Crippen molar-refractivity contribution in [3.8, 4) is 0 Å². The number of carboxylic acid groups (broad SMARTS) is 1. The number of carbonyl (C=O) groups excluding carboxylic acids is 1. The highest BCUT2D eigenvalue weighted by Crippen LogP contribution is 2.13. The fourth-order valence-electron chi connectivity index (χ4n) is 2.40. The third-order valence-corrected chi connectivity index (χ3v) is 3.62. The Morgan fingerprint density at radius 3 is 2.54 bits per heavy atom. The molecule has 2 aromatic heterocycles. The van der Waals surface area contributed by atoms with Crippen LogP contribution in [0.2, 0.25) is 0 Å². The van der Waals surface area contributed by atoms with Crippen LogP contribution < -0.4 is 5.32 Å². The molecule has 0 atom stereocenters. The van der Waals surface area contributed by atoms with Gasteiger partial charge in [-0.1, -0.05) is 19.1 Å². The Balaban J connectivity index is 1.78. The monoisotopic (exact) mass is 324 g/mol. The van der Waals surface area contributed by atoms with Gasteiger partial charge < -0.3 is 10.4 Å². The number of carboxylic acids is 1. The number of nitrogens with zero attached hydrogens (tertiary/aromatic N) is 3. The van der Waals surface area contributed by atoms with Gasteiger partial charge in [-0.3, -0.25) is 14.0 Å². The van der Waals surface area contributed by atoms with E-state index in [1.165, 1.54) is 0 Å². The Morgan fingerprint density at radius 2 is 1.88 bits per heavy atom. The van der Waals surface area contributed by atoms with Crippen LogP contribution in [-0.4, -0.2) is 31.6 Å². The molecule has 0 saturated carbocycles. The number of hydrogen-bond acceptors (Lipinski definition) is 4. The number of pyridine rings is 1. The Morgan fingerprint density at radius 1 is 1.12 bits per heavy atom. The molecule has 0 bridgehead atoms. The second kappa shape index (κ2) is 6.49. The van der Waals surface area contributed by atoms with E-state index in [4.69, 9.17) is 5.11 Å². The molecule has 0 saturated heterocycles. The van der Waals surface area contributed by atoms with Gasteiger partial charge in [-0.2, -0.15) is 0 Å². The van der Waals surface area contributed by atoms with Gasteiger partial charge in [0, 0.05) is 18.3 Å². The third-order valence-electron chi connectivity index (χ3n) is 3.62. The van der Waals surface area contributed by atoms with Gasteiger partial charge in [0.05, 0.1) is 12.0 Å². The Bertz CT molecular complexity index is 900. The topological polar surface area (TPSA) is 96.6 Å². The predicted octanol–water partition coefficient (Wildman–Crippen LogP) is 2.17. The molecule has 3 aromatic rings. The minimum absolute atomic E-state index is 0.0433. The average Bonchev–Trinajstić information content (AvgIpc) is 2.98. The highest BCUT2D eigenvalue weighted by molar-refractivity contribution is 6.04. The molecule has 2 heterocycles. The van der Waals surface area contributed by atoms with Crippen molar-refractivity contribution in [2.24, 2.45) is 0 Å². The van der Waals surface area contributed by atoms with E-state index in [-0.39, 0.29) is 12.3 Å². The van der Waals surface area contributed by atoms with E-state index in [0.717, 1.165) is 12.2 Å². The quantitative estimate of drug-likeness (QED) is 0.750. The van der Waals surface area contributed by atoms with Crippen molar-refractivity contribution in [3.63, 3.8) is 0 Å². The molecule has 0 aliphatic heterocycles. The molecule has 0 fully saturated rings. The molecule has 1 amide bonds. The number of nitrogens with one attached hydrogen (secondary N) is 1. The summed E-state index contributed by atoms with van der Waals surface area (Å²) in [5, 5.41) is 19.7. The predicted molar refractivity (Wildman–Crippen MR) is 88.1 cm³/mol. The summed E-state index contributed by atoms with van der Waals surface area (Å²) >= 11 is 0. The molecule has 7 nitrogen and oxygen atoms in total. The van der Waals surface area contributed by atoms with Crippen LogP contribution in [-0.2, 0) is 17.6 Å². The molecule has 0 radical (unpaired) electrons. The molecule has 0 aliphatic carbocycles. The summed E-state index contributed by atoms with van der Waals surface area (Å²) in [7, 11) is 0. The van der Waals surface area contributed by atoms with Crippen LogP contribution in [0.3, 0.4) is 0 Å². The maximum Gasteiger partial charge on any atom is 0.307 e. The summed E-state index contributed by atoms with van der Waals surface area (Å²) in [5.74, 6) is -0.350. The normalized spacial score (nSPS) is 10.7. The minimum Gasteiger partial charge on any atom is -0.481 e. The molecule has 24 heavy (non-hydrogen) atoms. The lowest BCUT2D eigenvalue weighted by Crippen LogP contribution is -2.13. The molecule has 0 spiro atoms. The number of aromatic nitrogens is 3. The number of benzene rings is 1. The lowest BCUT2D eigenvalue weighted by atomic mass is 10.1. The average molecular weight is 324 g/mol. The van der Waals surface area contributed by atoms with Crippen LogP contribution >= 0.6 is 0 Å². The van der Waals surface area contributed by atoms with Gasteiger partial charge in [0.1, 0.15) is 5.82 Å². The highest BCUT2D eigenvalue weighted by Gasteiger charge is 2.10. The summed E-state index contributed by atoms with van der Waals surface area (Å²) in [6.07, 6.45) is 2.39. The largest absolute Gasteiger partial charge is 0.481 e. The molecule has 1 aromatic carbocycles. The fraction of sp³-hybridized carbons (Fsp3) is 0.176. The van der Waals surface area contributed by atoms with Crippen molar-refractivity contribution in [1.82, 2.24) is 14.6 Å². The number of rotatable bonds is 5. The summed E-state index contributed by atoms with van der Waals surface area (Å²) in [4.78, 5) is 23.1. The maximum atomic E-state index is 12.4. The Hall–Kier alpha value is -3.22. The number of hydrogen-bond donors (Lipinski definition) is 2. The number of aryl methyl sites for hydroxylation is 1. The third kappa shape index (κ3) is 3.24. The fourth-order valence-corrected chi connectivity index (χ4v) is 2.40. The zero-order chi connectivity index (χ0) is 17.1. The number of anilines is 1. The summed E-state index contributed by atoms with van der Waals surface area (Å²) < 4.78 is 1.80. The van der Waals surface area contributed by atoms with Crippen LogP contribution in [0.15, 0.2) is 42.6 Å². The number of amides is 1. The van der Waals surface area contributed by atoms with Gasteiger partial charge >= 0.3 is 5.97 Å². The summed E-state index contributed by atoms with van der Waals surface area (Å²) in [5.41, 5.74) is 2.47. The molecular weight excluding hydrogens is 308 g/mol. The van der Waals surface area contributed by atoms with Crippen molar-refractivity contribution < 1.29 is 14.7 Å². The minimum atomic E-state index is -0.888. The van der Waals surface area contributed by atoms with Crippen molar-refractivity contribution in [2.45, 2.75) is 19.8 Å². The van der Waals surface area contributed by atoms with E-state index >= 15 is 0 Å². The molecule has 3 rings (SSSR count). The van der Waals surface area contributed by atoms with Gasteiger partial charge in [-0.05, 0) is 29.8 Å². The van der Waals surface area contributed by atoms with Crippen molar-refractivity contribution in [1.29, 1.82) is 0 Å². The van der Waals surface area contributed by atoms with Gasteiger partial charge in [0.2, 0.25) is 0 Å².